The predicted molar refractivity (Wildman–Crippen MR) is 90.0 cm³/mol. The maximum Gasteiger partial charge on any atom is 0.303 e. The second-order valence-corrected chi connectivity index (χ2v) is 5.98. The van der Waals surface area contributed by atoms with Crippen molar-refractivity contribution in [3.63, 3.8) is 0 Å². The minimum absolute atomic E-state index is 0.223. The summed E-state index contributed by atoms with van der Waals surface area (Å²) in [6, 6.07) is 0. The second-order valence-electron chi connectivity index (χ2n) is 5.98. The van der Waals surface area contributed by atoms with Gasteiger partial charge in [0, 0.05) is 6.42 Å². The van der Waals surface area contributed by atoms with Gasteiger partial charge in [-0.05, 0) is 25.7 Å². The molecule has 0 amide bonds. The Labute approximate surface area is 135 Å². The Morgan fingerprint density at radius 3 is 2.32 bits per heavy atom. The summed E-state index contributed by atoms with van der Waals surface area (Å²) in [5.74, 6) is -0.728. The normalized spacial score (nSPS) is 12.8. The summed E-state index contributed by atoms with van der Waals surface area (Å²) in [6.07, 6.45) is 17.3. The van der Waals surface area contributed by atoms with Crippen molar-refractivity contribution in [2.45, 2.75) is 96.5 Å². The first-order valence-electron chi connectivity index (χ1n) is 8.89. The van der Waals surface area contributed by atoms with E-state index in [1.165, 1.54) is 38.5 Å². The van der Waals surface area contributed by atoms with Crippen molar-refractivity contribution < 1.29 is 20.0 Å². The maximum atomic E-state index is 10.4. The molecule has 0 saturated heterocycles. The number of hydrogen-bond donors (Lipinski definition) is 2. The molecule has 0 aromatic rings. The van der Waals surface area contributed by atoms with Gasteiger partial charge in [-0.1, -0.05) is 70.4 Å². The van der Waals surface area contributed by atoms with Crippen molar-refractivity contribution in [3.05, 3.63) is 12.2 Å². The molecule has 0 aliphatic heterocycles. The molecule has 0 heterocycles. The molecule has 1 unspecified atom stereocenters. The first kappa shape index (κ1) is 21.1. The van der Waals surface area contributed by atoms with E-state index < -0.39 is 5.97 Å². The number of allylic oxidation sites excluding steroid dienone is 1. The highest BCUT2D eigenvalue weighted by Crippen LogP contribution is 2.11. The molecule has 0 aromatic heterocycles. The molecule has 130 valence electrons. The van der Waals surface area contributed by atoms with Crippen molar-refractivity contribution in [1.82, 2.24) is 0 Å². The number of carbonyl (C=O) groups is 1. The van der Waals surface area contributed by atoms with E-state index in [0.717, 1.165) is 38.5 Å². The first-order valence-corrected chi connectivity index (χ1v) is 8.89. The SMILES string of the molecule is CCCCCCCCC=CC(CCCCCCC(=O)O)OO. The molecule has 0 aliphatic carbocycles. The van der Waals surface area contributed by atoms with E-state index in [-0.39, 0.29) is 12.5 Å². The summed E-state index contributed by atoms with van der Waals surface area (Å²) in [5, 5.41) is 17.4. The van der Waals surface area contributed by atoms with Gasteiger partial charge in [-0.15, -0.1) is 0 Å². The highest BCUT2D eigenvalue weighted by molar-refractivity contribution is 5.66. The van der Waals surface area contributed by atoms with E-state index in [1.54, 1.807) is 0 Å². The Morgan fingerprint density at radius 1 is 1.00 bits per heavy atom. The van der Waals surface area contributed by atoms with Gasteiger partial charge in [0.2, 0.25) is 0 Å². The highest BCUT2D eigenvalue weighted by atomic mass is 17.1. The predicted octanol–water partition coefficient (Wildman–Crippen LogP) is 5.58. The molecule has 0 bridgehead atoms. The molecule has 4 nitrogen and oxygen atoms in total. The van der Waals surface area contributed by atoms with E-state index in [2.05, 4.69) is 17.9 Å². The molecule has 22 heavy (non-hydrogen) atoms. The number of carboxylic acids is 1. The lowest BCUT2D eigenvalue weighted by atomic mass is 10.1. The summed E-state index contributed by atoms with van der Waals surface area (Å²) in [4.78, 5) is 14.8. The van der Waals surface area contributed by atoms with Crippen LogP contribution in [0.3, 0.4) is 0 Å². The van der Waals surface area contributed by atoms with E-state index in [0.29, 0.717) is 0 Å². The topological polar surface area (TPSA) is 66.8 Å². The van der Waals surface area contributed by atoms with Crippen molar-refractivity contribution in [3.8, 4) is 0 Å². The monoisotopic (exact) mass is 314 g/mol. The minimum Gasteiger partial charge on any atom is -0.481 e. The van der Waals surface area contributed by atoms with Gasteiger partial charge in [-0.3, -0.25) is 10.1 Å². The highest BCUT2D eigenvalue weighted by Gasteiger charge is 2.04. The Morgan fingerprint density at radius 2 is 1.64 bits per heavy atom. The molecule has 0 saturated carbocycles. The van der Waals surface area contributed by atoms with Crippen molar-refractivity contribution in [2.75, 3.05) is 0 Å². The fourth-order valence-electron chi connectivity index (χ4n) is 2.45. The van der Waals surface area contributed by atoms with Crippen LogP contribution in [0.4, 0.5) is 0 Å². The average Bonchev–Trinajstić information content (AvgIpc) is 2.50. The van der Waals surface area contributed by atoms with Crippen molar-refractivity contribution in [2.24, 2.45) is 0 Å². The quantitative estimate of drug-likeness (QED) is 0.169. The van der Waals surface area contributed by atoms with E-state index >= 15 is 0 Å². The Kier molecular flexibility index (Phi) is 15.8. The summed E-state index contributed by atoms with van der Waals surface area (Å²) in [5.41, 5.74) is 0. The van der Waals surface area contributed by atoms with Crippen LogP contribution in [0.15, 0.2) is 12.2 Å². The van der Waals surface area contributed by atoms with Gasteiger partial charge >= 0.3 is 5.97 Å². The number of hydrogen-bond acceptors (Lipinski definition) is 3. The van der Waals surface area contributed by atoms with Gasteiger partial charge in [0.1, 0.15) is 6.10 Å². The average molecular weight is 314 g/mol. The molecule has 0 rings (SSSR count). The van der Waals surface area contributed by atoms with E-state index in [9.17, 15) is 4.79 Å². The largest absolute Gasteiger partial charge is 0.481 e. The van der Waals surface area contributed by atoms with Crippen molar-refractivity contribution >= 4 is 5.97 Å². The molecule has 0 aromatic carbocycles. The van der Waals surface area contributed by atoms with Gasteiger partial charge < -0.3 is 5.11 Å². The number of unbranched alkanes of at least 4 members (excludes halogenated alkanes) is 9. The summed E-state index contributed by atoms with van der Waals surface area (Å²) < 4.78 is 0. The molecule has 1 atom stereocenters. The minimum atomic E-state index is -0.728. The molecular formula is C18H34O4. The van der Waals surface area contributed by atoms with Crippen LogP contribution in [0.1, 0.15) is 90.4 Å². The molecule has 4 heteroatoms. The van der Waals surface area contributed by atoms with E-state index in [4.69, 9.17) is 10.4 Å². The third-order valence-corrected chi connectivity index (χ3v) is 3.84. The lowest BCUT2D eigenvalue weighted by Gasteiger charge is -2.08. The van der Waals surface area contributed by atoms with Crippen LogP contribution in [-0.4, -0.2) is 22.4 Å². The molecular weight excluding hydrogens is 280 g/mol. The molecule has 0 spiro atoms. The Balaban J connectivity index is 3.48. The van der Waals surface area contributed by atoms with Crippen LogP contribution in [-0.2, 0) is 9.68 Å². The number of carboxylic acid groups (broad SMARTS) is 1. The molecule has 0 fully saturated rings. The zero-order chi connectivity index (χ0) is 16.5. The Hall–Kier alpha value is -0.870. The van der Waals surface area contributed by atoms with E-state index in [1.807, 2.05) is 6.08 Å². The zero-order valence-electron chi connectivity index (χ0n) is 14.1. The molecule has 0 aliphatic rings. The van der Waals surface area contributed by atoms with Crippen LogP contribution in [0, 0.1) is 0 Å². The summed E-state index contributed by atoms with van der Waals surface area (Å²) in [7, 11) is 0. The van der Waals surface area contributed by atoms with Gasteiger partial charge in [-0.25, -0.2) is 4.89 Å². The van der Waals surface area contributed by atoms with Gasteiger partial charge in [0.15, 0.2) is 0 Å². The van der Waals surface area contributed by atoms with Crippen LogP contribution >= 0.6 is 0 Å². The van der Waals surface area contributed by atoms with Gasteiger partial charge in [-0.2, -0.15) is 0 Å². The fourth-order valence-corrected chi connectivity index (χ4v) is 2.45. The summed E-state index contributed by atoms with van der Waals surface area (Å²) in [6.45, 7) is 2.23. The van der Waals surface area contributed by atoms with Crippen LogP contribution in [0.2, 0.25) is 0 Å². The fraction of sp³-hybridized carbons (Fsp3) is 0.833. The smallest absolute Gasteiger partial charge is 0.303 e. The Bertz CT molecular complexity index is 276. The molecule has 2 N–H and O–H groups in total. The second kappa shape index (κ2) is 16.5. The van der Waals surface area contributed by atoms with Crippen molar-refractivity contribution in [1.29, 1.82) is 0 Å². The van der Waals surface area contributed by atoms with Gasteiger partial charge in [0.25, 0.3) is 0 Å². The number of aliphatic carboxylic acids is 1. The van der Waals surface area contributed by atoms with Gasteiger partial charge in [0.05, 0.1) is 0 Å². The lowest BCUT2D eigenvalue weighted by molar-refractivity contribution is -0.267. The molecule has 0 radical (unpaired) electrons. The third-order valence-electron chi connectivity index (χ3n) is 3.84. The number of rotatable bonds is 16. The van der Waals surface area contributed by atoms with Crippen LogP contribution in [0.5, 0.6) is 0 Å². The van der Waals surface area contributed by atoms with Crippen LogP contribution < -0.4 is 0 Å². The maximum absolute atomic E-state index is 10.4. The zero-order valence-corrected chi connectivity index (χ0v) is 14.1. The first-order chi connectivity index (χ1) is 10.7. The lowest BCUT2D eigenvalue weighted by Crippen LogP contribution is -2.06. The standard InChI is InChI=1S/C18H34O4/c1-2-3-4-5-6-7-8-11-14-17(22-21)15-12-9-10-13-16-18(19)20/h11,14,17,21H,2-10,12-13,15-16H2,1H3,(H,19,20). The van der Waals surface area contributed by atoms with Crippen LogP contribution in [0.25, 0.3) is 0 Å². The third kappa shape index (κ3) is 15.5. The summed E-state index contributed by atoms with van der Waals surface area (Å²) >= 11 is 0.